The van der Waals surface area contributed by atoms with Gasteiger partial charge in [0.1, 0.15) is 11.7 Å². The number of pyridine rings is 1. The number of nitrogens with one attached hydrogen (secondary N) is 1. The number of carbonyl (C=O) groups is 4. The third kappa shape index (κ3) is 4.03. The lowest BCUT2D eigenvalue weighted by Gasteiger charge is -2.16. The zero-order valence-corrected chi connectivity index (χ0v) is 14.0. The Kier molecular flexibility index (Phi) is 5.02. The second kappa shape index (κ2) is 7.56. The van der Waals surface area contributed by atoms with E-state index in [-0.39, 0.29) is 17.9 Å². The van der Waals surface area contributed by atoms with Gasteiger partial charge in [-0.25, -0.2) is 9.67 Å². The molecule has 1 aliphatic rings. The summed E-state index contributed by atoms with van der Waals surface area (Å²) in [6, 6.07) is 5.37. The van der Waals surface area contributed by atoms with Crippen LogP contribution >= 0.6 is 0 Å². The topological polar surface area (TPSA) is 137 Å². The van der Waals surface area contributed by atoms with Crippen LogP contribution in [0, 0.1) is 0 Å². The Balaban J connectivity index is 1.83. The molecular formula is C18H15N5O4. The summed E-state index contributed by atoms with van der Waals surface area (Å²) in [7, 11) is 0. The third-order valence-electron chi connectivity index (χ3n) is 3.84. The number of carbonyl (C=O) groups excluding carboxylic acids is 4. The largest absolute Gasteiger partial charge is 0.363 e. The number of rotatable bonds is 7. The van der Waals surface area contributed by atoms with E-state index in [0.29, 0.717) is 11.4 Å². The molecule has 27 heavy (non-hydrogen) atoms. The maximum absolute atomic E-state index is 12.7. The minimum Gasteiger partial charge on any atom is -0.363 e. The van der Waals surface area contributed by atoms with Crippen molar-refractivity contribution in [1.29, 1.82) is 0 Å². The van der Waals surface area contributed by atoms with Gasteiger partial charge in [-0.2, -0.15) is 5.10 Å². The highest BCUT2D eigenvalue weighted by molar-refractivity contribution is 6.38. The van der Waals surface area contributed by atoms with Crippen LogP contribution in [-0.4, -0.2) is 44.2 Å². The molecule has 0 saturated heterocycles. The highest BCUT2D eigenvalue weighted by atomic mass is 16.2. The maximum Gasteiger partial charge on any atom is 0.287 e. The Labute approximate surface area is 153 Å². The first-order valence-corrected chi connectivity index (χ1v) is 7.98. The van der Waals surface area contributed by atoms with Gasteiger partial charge in [0, 0.05) is 12.6 Å². The monoisotopic (exact) mass is 365 g/mol. The van der Waals surface area contributed by atoms with Crippen molar-refractivity contribution in [3.05, 3.63) is 66.2 Å². The maximum atomic E-state index is 12.7. The van der Waals surface area contributed by atoms with Gasteiger partial charge in [-0.1, -0.05) is 12.1 Å². The number of amides is 2. The van der Waals surface area contributed by atoms with Crippen LogP contribution in [0.3, 0.4) is 0 Å². The van der Waals surface area contributed by atoms with Crippen LogP contribution in [0.2, 0.25) is 0 Å². The van der Waals surface area contributed by atoms with Crippen molar-refractivity contribution in [3.8, 4) is 5.82 Å². The molecule has 2 heterocycles. The number of ketones is 2. The lowest BCUT2D eigenvalue weighted by atomic mass is 10.0. The molecule has 0 spiro atoms. The lowest BCUT2D eigenvalue weighted by Crippen LogP contribution is -2.46. The number of nitrogens with two attached hydrogens (primary N) is 1. The van der Waals surface area contributed by atoms with Gasteiger partial charge >= 0.3 is 0 Å². The zero-order chi connectivity index (χ0) is 19.4. The number of hydrogen-bond acceptors (Lipinski definition) is 6. The normalized spacial score (nSPS) is 13.9. The van der Waals surface area contributed by atoms with Gasteiger partial charge in [-0.05, 0) is 35.9 Å². The van der Waals surface area contributed by atoms with E-state index in [1.165, 1.54) is 35.2 Å². The van der Waals surface area contributed by atoms with E-state index >= 15 is 0 Å². The van der Waals surface area contributed by atoms with E-state index in [9.17, 15) is 19.2 Å². The van der Waals surface area contributed by atoms with Gasteiger partial charge < -0.3 is 11.1 Å². The zero-order valence-electron chi connectivity index (χ0n) is 14.0. The number of Topliss-reactive ketones (excluding diaryl/α,β-unsaturated/α-hetero) is 1. The van der Waals surface area contributed by atoms with E-state index in [1.54, 1.807) is 24.4 Å². The van der Waals surface area contributed by atoms with Crippen molar-refractivity contribution < 1.29 is 19.2 Å². The molecule has 2 aromatic heterocycles. The number of primary amides is 1. The third-order valence-corrected chi connectivity index (χ3v) is 3.84. The van der Waals surface area contributed by atoms with Crippen LogP contribution in [0.1, 0.15) is 16.9 Å². The Hall–Kier alpha value is -3.88. The van der Waals surface area contributed by atoms with Gasteiger partial charge in [0.15, 0.2) is 11.6 Å². The number of allylic oxidation sites excluding steroid dienone is 3. The molecule has 9 heteroatoms. The number of hydrogen-bond donors (Lipinski definition) is 2. The number of nitrogens with zero attached hydrogens (tertiary/aromatic N) is 3. The van der Waals surface area contributed by atoms with Crippen molar-refractivity contribution in [2.75, 3.05) is 0 Å². The van der Waals surface area contributed by atoms with Crippen LogP contribution in [0.5, 0.6) is 0 Å². The van der Waals surface area contributed by atoms with Crippen LogP contribution in [0.25, 0.3) is 5.82 Å². The summed E-state index contributed by atoms with van der Waals surface area (Å²) in [5, 5.41) is 6.55. The molecule has 1 atom stereocenters. The van der Waals surface area contributed by atoms with Gasteiger partial charge in [0.2, 0.25) is 5.78 Å². The second-order valence-electron chi connectivity index (χ2n) is 5.73. The fourth-order valence-corrected chi connectivity index (χ4v) is 2.58. The van der Waals surface area contributed by atoms with Crippen LogP contribution in [0.15, 0.2) is 60.5 Å². The molecule has 3 rings (SSSR count). The molecule has 0 saturated carbocycles. The summed E-state index contributed by atoms with van der Waals surface area (Å²) >= 11 is 0. The lowest BCUT2D eigenvalue weighted by molar-refractivity contribution is -0.137. The fourth-order valence-electron chi connectivity index (χ4n) is 2.58. The van der Waals surface area contributed by atoms with Crippen molar-refractivity contribution >= 4 is 23.4 Å². The minimum atomic E-state index is -1.20. The first-order valence-electron chi connectivity index (χ1n) is 7.98. The summed E-state index contributed by atoms with van der Waals surface area (Å²) < 4.78 is 1.30. The standard InChI is InChI=1S/C18H15N5O4/c19-17(26)16(25)13(10-11-4-5-12(24)9-11)22-18(27)14-6-8-21-23(14)15-3-1-2-7-20-15/h1-9,13H,10H2,(H2,19,26)(H,22,27). The Morgan fingerprint density at radius 2 is 1.96 bits per heavy atom. The van der Waals surface area contributed by atoms with Crippen LogP contribution < -0.4 is 11.1 Å². The van der Waals surface area contributed by atoms with Gasteiger partial charge in [0.05, 0.1) is 6.20 Å². The molecule has 136 valence electrons. The summed E-state index contributed by atoms with van der Waals surface area (Å²) in [4.78, 5) is 51.5. The first-order chi connectivity index (χ1) is 13.0. The minimum absolute atomic E-state index is 0.0342. The van der Waals surface area contributed by atoms with E-state index in [4.69, 9.17) is 5.73 Å². The molecular weight excluding hydrogens is 350 g/mol. The number of aromatic nitrogens is 3. The van der Waals surface area contributed by atoms with Gasteiger partial charge in [-0.3, -0.25) is 19.2 Å². The van der Waals surface area contributed by atoms with Crippen LogP contribution in [-0.2, 0) is 14.4 Å². The second-order valence-corrected chi connectivity index (χ2v) is 5.73. The SMILES string of the molecule is NC(=O)C(=O)C(CC1=CC(=O)C=C1)NC(=O)c1ccnn1-c1ccccn1. The molecule has 1 unspecified atom stereocenters. The van der Waals surface area contributed by atoms with Crippen molar-refractivity contribution in [1.82, 2.24) is 20.1 Å². The van der Waals surface area contributed by atoms with Gasteiger partial charge in [-0.15, -0.1) is 0 Å². The predicted molar refractivity (Wildman–Crippen MR) is 93.7 cm³/mol. The Bertz CT molecular complexity index is 975. The molecule has 1 aliphatic carbocycles. The quantitative estimate of drug-likeness (QED) is 0.656. The highest BCUT2D eigenvalue weighted by Crippen LogP contribution is 2.15. The van der Waals surface area contributed by atoms with Gasteiger partial charge in [0.25, 0.3) is 11.8 Å². The molecule has 9 nitrogen and oxygen atoms in total. The van der Waals surface area contributed by atoms with E-state index in [1.807, 2.05) is 0 Å². The van der Waals surface area contributed by atoms with Crippen molar-refractivity contribution in [2.45, 2.75) is 12.5 Å². The van der Waals surface area contributed by atoms with E-state index in [2.05, 4.69) is 15.4 Å². The average Bonchev–Trinajstić information content (AvgIpc) is 3.30. The molecule has 0 aromatic carbocycles. The molecule has 2 aromatic rings. The molecule has 0 fully saturated rings. The van der Waals surface area contributed by atoms with Crippen molar-refractivity contribution in [2.24, 2.45) is 5.73 Å². The van der Waals surface area contributed by atoms with E-state index in [0.717, 1.165) is 0 Å². The highest BCUT2D eigenvalue weighted by Gasteiger charge is 2.28. The smallest absolute Gasteiger partial charge is 0.287 e. The molecule has 0 radical (unpaired) electrons. The first kappa shape index (κ1) is 17.9. The Morgan fingerprint density at radius 1 is 1.15 bits per heavy atom. The summed E-state index contributed by atoms with van der Waals surface area (Å²) in [6.07, 6.45) is 7.11. The average molecular weight is 365 g/mol. The molecule has 3 N–H and O–H groups in total. The summed E-state index contributed by atoms with van der Waals surface area (Å²) in [5.74, 6) is -2.58. The summed E-state index contributed by atoms with van der Waals surface area (Å²) in [5.41, 5.74) is 5.72. The predicted octanol–water partition coefficient (Wildman–Crippen LogP) is -0.124. The molecule has 0 aliphatic heterocycles. The van der Waals surface area contributed by atoms with E-state index < -0.39 is 23.6 Å². The molecule has 0 bridgehead atoms. The Morgan fingerprint density at radius 3 is 2.59 bits per heavy atom. The van der Waals surface area contributed by atoms with Crippen LogP contribution in [0.4, 0.5) is 0 Å². The summed E-state index contributed by atoms with van der Waals surface area (Å²) in [6.45, 7) is 0. The fraction of sp³-hybridized carbons (Fsp3) is 0.111. The molecule has 2 amide bonds. The van der Waals surface area contributed by atoms with Crippen molar-refractivity contribution in [3.63, 3.8) is 0 Å².